The van der Waals surface area contributed by atoms with Gasteiger partial charge in [-0.05, 0) is 34.8 Å². The maximum Gasteiger partial charge on any atom is 0.244 e. The van der Waals surface area contributed by atoms with Crippen LogP contribution in [0.2, 0.25) is 0 Å². The lowest BCUT2D eigenvalue weighted by atomic mass is 10.2. The molecule has 1 rings (SSSR count). The Morgan fingerprint density at radius 2 is 2.05 bits per heavy atom. The lowest BCUT2D eigenvalue weighted by Crippen LogP contribution is -2.35. The average molecular weight is 358 g/mol. The van der Waals surface area contributed by atoms with Gasteiger partial charge in [0.2, 0.25) is 10.0 Å². The molecule has 0 aromatic heterocycles. The minimum absolute atomic E-state index is 0.184. The molecule has 0 saturated heterocycles. The van der Waals surface area contributed by atoms with E-state index in [0.29, 0.717) is 12.5 Å². The SMILES string of the molecule is CCC(CCO)NS(=O)(=O)c1c(F)cc(F)cc1Br. The maximum absolute atomic E-state index is 13.6. The number of halogens is 3. The fraction of sp³-hybridized carbons (Fsp3) is 0.455. The van der Waals surface area contributed by atoms with E-state index in [0.717, 1.165) is 6.07 Å². The summed E-state index contributed by atoms with van der Waals surface area (Å²) in [5, 5.41) is 8.81. The van der Waals surface area contributed by atoms with Crippen molar-refractivity contribution in [3.8, 4) is 0 Å². The first-order valence-corrected chi connectivity index (χ1v) is 7.87. The second-order valence-corrected chi connectivity index (χ2v) is 6.44. The number of benzene rings is 1. The summed E-state index contributed by atoms with van der Waals surface area (Å²) in [4.78, 5) is -0.634. The standard InChI is InChI=1S/C11H14BrF2NO3S/c1-2-8(3-4-16)15-19(17,18)11-9(12)5-7(13)6-10(11)14/h5-6,8,15-16H,2-4H2,1H3. The van der Waals surface area contributed by atoms with Crippen LogP contribution in [0.15, 0.2) is 21.5 Å². The summed E-state index contributed by atoms with van der Waals surface area (Å²) in [5.41, 5.74) is 0. The van der Waals surface area contributed by atoms with E-state index >= 15 is 0 Å². The topological polar surface area (TPSA) is 66.4 Å². The third-order valence-corrected chi connectivity index (χ3v) is 5.01. The second-order valence-electron chi connectivity index (χ2n) is 3.94. The van der Waals surface area contributed by atoms with E-state index in [-0.39, 0.29) is 17.5 Å². The Morgan fingerprint density at radius 3 is 2.53 bits per heavy atom. The third kappa shape index (κ3) is 4.20. The Morgan fingerprint density at radius 1 is 1.42 bits per heavy atom. The zero-order chi connectivity index (χ0) is 14.6. The van der Waals surface area contributed by atoms with Gasteiger partial charge >= 0.3 is 0 Å². The number of aliphatic hydroxyl groups is 1. The Bertz CT molecular complexity index is 528. The number of nitrogens with one attached hydrogen (secondary N) is 1. The van der Waals surface area contributed by atoms with Crippen LogP contribution in [0.3, 0.4) is 0 Å². The molecule has 1 unspecified atom stereocenters. The molecule has 2 N–H and O–H groups in total. The summed E-state index contributed by atoms with van der Waals surface area (Å²) >= 11 is 2.84. The van der Waals surface area contributed by atoms with Gasteiger partial charge in [0.1, 0.15) is 16.5 Å². The molecule has 1 aromatic carbocycles. The van der Waals surface area contributed by atoms with E-state index in [2.05, 4.69) is 20.7 Å². The first-order chi connectivity index (χ1) is 8.81. The van der Waals surface area contributed by atoms with Gasteiger partial charge in [0.05, 0.1) is 0 Å². The molecule has 0 fully saturated rings. The first kappa shape index (κ1) is 16.5. The van der Waals surface area contributed by atoms with Gasteiger partial charge < -0.3 is 5.11 Å². The van der Waals surface area contributed by atoms with Crippen molar-refractivity contribution in [3.05, 3.63) is 28.2 Å². The summed E-state index contributed by atoms with van der Waals surface area (Å²) in [7, 11) is -4.12. The number of sulfonamides is 1. The van der Waals surface area contributed by atoms with Crippen molar-refractivity contribution in [1.82, 2.24) is 4.72 Å². The molecule has 0 radical (unpaired) electrons. The highest BCUT2D eigenvalue weighted by Gasteiger charge is 2.25. The van der Waals surface area contributed by atoms with Gasteiger partial charge in [0, 0.05) is 23.2 Å². The summed E-state index contributed by atoms with van der Waals surface area (Å²) in [5.74, 6) is -2.04. The molecule has 1 aromatic rings. The van der Waals surface area contributed by atoms with E-state index in [1.165, 1.54) is 0 Å². The molecule has 0 heterocycles. The molecular formula is C11H14BrF2NO3S. The van der Waals surface area contributed by atoms with Crippen LogP contribution in [0.25, 0.3) is 0 Å². The molecule has 1 atom stereocenters. The number of hydrogen-bond donors (Lipinski definition) is 2. The monoisotopic (exact) mass is 357 g/mol. The summed E-state index contributed by atoms with van der Waals surface area (Å²) in [6.45, 7) is 1.55. The van der Waals surface area contributed by atoms with Crippen LogP contribution in [0, 0.1) is 11.6 Å². The van der Waals surface area contributed by atoms with Crippen molar-refractivity contribution in [1.29, 1.82) is 0 Å². The van der Waals surface area contributed by atoms with Crippen LogP contribution in [-0.2, 0) is 10.0 Å². The lowest BCUT2D eigenvalue weighted by molar-refractivity contribution is 0.270. The molecule has 4 nitrogen and oxygen atoms in total. The van der Waals surface area contributed by atoms with Crippen LogP contribution >= 0.6 is 15.9 Å². The Hall–Kier alpha value is -0.570. The van der Waals surface area contributed by atoms with E-state index < -0.39 is 32.6 Å². The van der Waals surface area contributed by atoms with Crippen molar-refractivity contribution < 1.29 is 22.3 Å². The summed E-state index contributed by atoms with van der Waals surface area (Å²) < 4.78 is 52.7. The van der Waals surface area contributed by atoms with Crippen molar-refractivity contribution in [2.45, 2.75) is 30.7 Å². The maximum atomic E-state index is 13.6. The highest BCUT2D eigenvalue weighted by atomic mass is 79.9. The van der Waals surface area contributed by atoms with Crippen LogP contribution in [0.1, 0.15) is 19.8 Å². The molecule has 0 bridgehead atoms. The quantitative estimate of drug-likeness (QED) is 0.819. The highest BCUT2D eigenvalue weighted by molar-refractivity contribution is 9.10. The molecule has 0 saturated carbocycles. The molecule has 19 heavy (non-hydrogen) atoms. The summed E-state index contributed by atoms with van der Waals surface area (Å²) in [6.07, 6.45) is 0.663. The number of hydrogen-bond acceptors (Lipinski definition) is 3. The van der Waals surface area contributed by atoms with Crippen molar-refractivity contribution in [2.75, 3.05) is 6.61 Å². The average Bonchev–Trinajstić information content (AvgIpc) is 2.25. The van der Waals surface area contributed by atoms with Crippen LogP contribution in [0.4, 0.5) is 8.78 Å². The minimum Gasteiger partial charge on any atom is -0.396 e. The van der Waals surface area contributed by atoms with Crippen LogP contribution in [-0.4, -0.2) is 26.2 Å². The van der Waals surface area contributed by atoms with Gasteiger partial charge in [-0.15, -0.1) is 0 Å². The fourth-order valence-corrected chi connectivity index (χ4v) is 4.09. The van der Waals surface area contributed by atoms with Gasteiger partial charge in [0.25, 0.3) is 0 Å². The second kappa shape index (κ2) is 6.74. The predicted molar refractivity (Wildman–Crippen MR) is 70.2 cm³/mol. The van der Waals surface area contributed by atoms with Gasteiger partial charge in [-0.1, -0.05) is 6.92 Å². The molecule has 0 aliphatic rings. The Kier molecular flexibility index (Phi) is 5.84. The highest BCUT2D eigenvalue weighted by Crippen LogP contribution is 2.26. The molecule has 0 amide bonds. The van der Waals surface area contributed by atoms with Crippen LogP contribution < -0.4 is 4.72 Å². The van der Waals surface area contributed by atoms with Gasteiger partial charge in [-0.3, -0.25) is 0 Å². The fourth-order valence-electron chi connectivity index (χ4n) is 1.57. The van der Waals surface area contributed by atoms with Crippen molar-refractivity contribution in [3.63, 3.8) is 0 Å². The zero-order valence-electron chi connectivity index (χ0n) is 10.2. The van der Waals surface area contributed by atoms with Gasteiger partial charge in [-0.25, -0.2) is 21.9 Å². The summed E-state index contributed by atoms with van der Waals surface area (Å²) in [6, 6.07) is 0.878. The van der Waals surface area contributed by atoms with Crippen molar-refractivity contribution >= 4 is 26.0 Å². The molecular weight excluding hydrogens is 344 g/mol. The normalized spacial score (nSPS) is 13.5. The first-order valence-electron chi connectivity index (χ1n) is 5.59. The number of aliphatic hydroxyl groups excluding tert-OH is 1. The molecule has 8 heteroatoms. The molecule has 0 spiro atoms. The lowest BCUT2D eigenvalue weighted by Gasteiger charge is -2.17. The predicted octanol–water partition coefficient (Wildman–Crippen LogP) is 2.17. The number of rotatable bonds is 6. The zero-order valence-corrected chi connectivity index (χ0v) is 12.6. The van der Waals surface area contributed by atoms with E-state index in [4.69, 9.17) is 5.11 Å². The van der Waals surface area contributed by atoms with E-state index in [1.807, 2.05) is 0 Å². The smallest absolute Gasteiger partial charge is 0.244 e. The Balaban J connectivity index is 3.14. The molecule has 0 aliphatic carbocycles. The largest absolute Gasteiger partial charge is 0.396 e. The van der Waals surface area contributed by atoms with Crippen LogP contribution in [0.5, 0.6) is 0 Å². The van der Waals surface area contributed by atoms with E-state index in [1.54, 1.807) is 6.92 Å². The molecule has 0 aliphatic heterocycles. The minimum atomic E-state index is -4.12. The van der Waals surface area contributed by atoms with E-state index in [9.17, 15) is 17.2 Å². The van der Waals surface area contributed by atoms with Gasteiger partial charge in [-0.2, -0.15) is 0 Å². The third-order valence-electron chi connectivity index (χ3n) is 2.52. The molecule has 108 valence electrons. The van der Waals surface area contributed by atoms with Crippen molar-refractivity contribution in [2.24, 2.45) is 0 Å². The van der Waals surface area contributed by atoms with Gasteiger partial charge in [0.15, 0.2) is 0 Å². The Labute approximate surface area is 119 Å².